The molecule has 0 heterocycles. The summed E-state index contributed by atoms with van der Waals surface area (Å²) in [6, 6.07) is 13.7. The Morgan fingerprint density at radius 3 is 2.12 bits per heavy atom. The van der Waals surface area contributed by atoms with E-state index in [1.165, 1.54) is 24.3 Å². The molecule has 0 spiro atoms. The van der Waals surface area contributed by atoms with Gasteiger partial charge in [-0.15, -0.1) is 0 Å². The predicted molar refractivity (Wildman–Crippen MR) is 62.4 cm³/mol. The van der Waals surface area contributed by atoms with Crippen molar-refractivity contribution in [1.29, 1.82) is 0 Å². The summed E-state index contributed by atoms with van der Waals surface area (Å²) in [6.07, 6.45) is 0. The zero-order valence-electron chi connectivity index (χ0n) is 8.78. The molecule has 1 N–H and O–H groups in total. The van der Waals surface area contributed by atoms with Gasteiger partial charge in [0.05, 0.1) is 0 Å². The first-order chi connectivity index (χ1) is 8.09. The standard InChI is InChI=1S/C12H10O4S/c13-11-8-4-5-9-12(11)16-17(14,15)10-6-2-1-3-7-10/h1-9,13H. The summed E-state index contributed by atoms with van der Waals surface area (Å²) in [7, 11) is -3.90. The molecule has 0 atom stereocenters. The van der Waals surface area contributed by atoms with E-state index in [2.05, 4.69) is 0 Å². The highest BCUT2D eigenvalue weighted by Gasteiger charge is 2.17. The van der Waals surface area contributed by atoms with Crippen molar-refractivity contribution in [2.45, 2.75) is 4.90 Å². The number of benzene rings is 2. The second kappa shape index (κ2) is 4.47. The van der Waals surface area contributed by atoms with Crippen molar-refractivity contribution in [3.05, 3.63) is 54.6 Å². The minimum absolute atomic E-state index is 0.0447. The van der Waals surface area contributed by atoms with Crippen LogP contribution in [-0.4, -0.2) is 13.5 Å². The number of phenolic OH excluding ortho intramolecular Hbond substituents is 1. The summed E-state index contributed by atoms with van der Waals surface area (Å²) >= 11 is 0. The van der Waals surface area contributed by atoms with Crippen LogP contribution in [0.1, 0.15) is 0 Å². The van der Waals surface area contributed by atoms with E-state index >= 15 is 0 Å². The molecule has 0 aromatic heterocycles. The Labute approximate surface area is 99.2 Å². The molecule has 5 heteroatoms. The van der Waals surface area contributed by atoms with Gasteiger partial charge in [-0.1, -0.05) is 30.3 Å². The molecule has 0 aliphatic heterocycles. The molecule has 2 rings (SSSR count). The van der Waals surface area contributed by atoms with Crippen molar-refractivity contribution in [1.82, 2.24) is 0 Å². The van der Waals surface area contributed by atoms with Crippen LogP contribution in [0.3, 0.4) is 0 Å². The molecule has 17 heavy (non-hydrogen) atoms. The zero-order chi connectivity index (χ0) is 12.3. The SMILES string of the molecule is O=S(=O)(Oc1ccccc1O)c1ccccc1. The first-order valence-corrected chi connectivity index (χ1v) is 6.28. The van der Waals surface area contributed by atoms with Crippen LogP contribution >= 0.6 is 0 Å². The van der Waals surface area contributed by atoms with Crippen molar-refractivity contribution < 1.29 is 17.7 Å². The Kier molecular flexibility index (Phi) is 3.01. The summed E-state index contributed by atoms with van der Waals surface area (Å²) in [5.41, 5.74) is 0. The van der Waals surface area contributed by atoms with Crippen LogP contribution in [0, 0.1) is 0 Å². The van der Waals surface area contributed by atoms with Crippen molar-refractivity contribution in [3.8, 4) is 11.5 Å². The van der Waals surface area contributed by atoms with Crippen molar-refractivity contribution in [2.75, 3.05) is 0 Å². The van der Waals surface area contributed by atoms with Crippen molar-refractivity contribution in [2.24, 2.45) is 0 Å². The first kappa shape index (κ1) is 11.5. The topological polar surface area (TPSA) is 63.6 Å². The molecule has 0 amide bonds. The maximum atomic E-state index is 11.8. The molecule has 0 bridgehead atoms. The van der Waals surface area contributed by atoms with Gasteiger partial charge in [0.15, 0.2) is 11.5 Å². The minimum Gasteiger partial charge on any atom is -0.504 e. The molecule has 0 fully saturated rings. The smallest absolute Gasteiger partial charge is 0.339 e. The molecule has 0 radical (unpaired) electrons. The van der Waals surface area contributed by atoms with Gasteiger partial charge in [0.2, 0.25) is 0 Å². The molecule has 2 aromatic rings. The number of aromatic hydroxyl groups is 1. The van der Waals surface area contributed by atoms with E-state index in [-0.39, 0.29) is 16.4 Å². The fourth-order valence-electron chi connectivity index (χ4n) is 1.28. The summed E-state index contributed by atoms with van der Waals surface area (Å²) in [5.74, 6) is -0.302. The van der Waals surface area contributed by atoms with Crippen molar-refractivity contribution in [3.63, 3.8) is 0 Å². The predicted octanol–water partition coefficient (Wildman–Crippen LogP) is 2.16. The molecular formula is C12H10O4S. The molecular weight excluding hydrogens is 240 g/mol. The summed E-state index contributed by atoms with van der Waals surface area (Å²) < 4.78 is 28.5. The van der Waals surface area contributed by atoms with E-state index in [4.69, 9.17) is 4.18 Å². The van der Waals surface area contributed by atoms with E-state index in [1.54, 1.807) is 30.3 Å². The minimum atomic E-state index is -3.90. The average Bonchev–Trinajstić information content (AvgIpc) is 2.33. The van der Waals surface area contributed by atoms with Gasteiger partial charge in [0.25, 0.3) is 0 Å². The fraction of sp³-hybridized carbons (Fsp3) is 0. The third-order valence-corrected chi connectivity index (χ3v) is 3.35. The van der Waals surface area contributed by atoms with Crippen LogP contribution in [0.15, 0.2) is 59.5 Å². The maximum Gasteiger partial charge on any atom is 0.339 e. The van der Waals surface area contributed by atoms with E-state index in [0.717, 1.165) is 0 Å². The van der Waals surface area contributed by atoms with Gasteiger partial charge < -0.3 is 9.29 Å². The Hall–Kier alpha value is -2.01. The Balaban J connectivity index is 2.34. The lowest BCUT2D eigenvalue weighted by molar-refractivity contribution is 0.428. The number of phenols is 1. The average molecular weight is 250 g/mol. The van der Waals surface area contributed by atoms with Crippen molar-refractivity contribution >= 4 is 10.1 Å². The highest BCUT2D eigenvalue weighted by molar-refractivity contribution is 7.87. The summed E-state index contributed by atoms with van der Waals surface area (Å²) in [6.45, 7) is 0. The first-order valence-electron chi connectivity index (χ1n) is 4.87. The third kappa shape index (κ3) is 2.57. The molecule has 0 unspecified atom stereocenters. The van der Waals surface area contributed by atoms with E-state index in [1.807, 2.05) is 0 Å². The van der Waals surface area contributed by atoms with Crippen LogP contribution in [0.4, 0.5) is 0 Å². The van der Waals surface area contributed by atoms with Gasteiger partial charge in [0.1, 0.15) is 4.90 Å². The number of hydrogen-bond donors (Lipinski definition) is 1. The number of para-hydroxylation sites is 2. The Morgan fingerprint density at radius 1 is 0.882 bits per heavy atom. The monoisotopic (exact) mass is 250 g/mol. The van der Waals surface area contributed by atoms with E-state index in [0.29, 0.717) is 0 Å². The highest BCUT2D eigenvalue weighted by atomic mass is 32.2. The van der Waals surface area contributed by atoms with Gasteiger partial charge in [-0.3, -0.25) is 0 Å². The highest BCUT2D eigenvalue weighted by Crippen LogP contribution is 2.27. The summed E-state index contributed by atoms with van der Waals surface area (Å²) in [5, 5.41) is 9.43. The number of hydrogen-bond acceptors (Lipinski definition) is 4. The quantitative estimate of drug-likeness (QED) is 0.848. The zero-order valence-corrected chi connectivity index (χ0v) is 9.59. The molecule has 0 saturated heterocycles. The lowest BCUT2D eigenvalue weighted by atomic mass is 10.3. The van der Waals surface area contributed by atoms with Crippen LogP contribution in [0.2, 0.25) is 0 Å². The normalized spacial score (nSPS) is 11.1. The van der Waals surface area contributed by atoms with Gasteiger partial charge in [0, 0.05) is 0 Å². The van der Waals surface area contributed by atoms with Crippen LogP contribution in [0.5, 0.6) is 11.5 Å². The second-order valence-corrected chi connectivity index (χ2v) is 4.86. The van der Waals surface area contributed by atoms with E-state index in [9.17, 15) is 13.5 Å². The maximum absolute atomic E-state index is 11.8. The largest absolute Gasteiger partial charge is 0.504 e. The number of rotatable bonds is 3. The molecule has 4 nitrogen and oxygen atoms in total. The Bertz CT molecular complexity index is 605. The van der Waals surface area contributed by atoms with Gasteiger partial charge >= 0.3 is 10.1 Å². The van der Waals surface area contributed by atoms with Crippen LogP contribution in [0.25, 0.3) is 0 Å². The summed E-state index contributed by atoms with van der Waals surface area (Å²) in [4.78, 5) is 0.0447. The van der Waals surface area contributed by atoms with Gasteiger partial charge in [-0.2, -0.15) is 8.42 Å². The van der Waals surface area contributed by atoms with Crippen LogP contribution in [-0.2, 0) is 10.1 Å². The second-order valence-electron chi connectivity index (χ2n) is 3.32. The lowest BCUT2D eigenvalue weighted by Gasteiger charge is -2.07. The van der Waals surface area contributed by atoms with Crippen LogP contribution < -0.4 is 4.18 Å². The molecule has 88 valence electrons. The molecule has 0 saturated carbocycles. The Morgan fingerprint density at radius 2 is 1.47 bits per heavy atom. The van der Waals surface area contributed by atoms with Gasteiger partial charge in [-0.25, -0.2) is 0 Å². The molecule has 2 aromatic carbocycles. The van der Waals surface area contributed by atoms with Gasteiger partial charge in [-0.05, 0) is 24.3 Å². The third-order valence-electron chi connectivity index (χ3n) is 2.10. The molecule has 0 aliphatic carbocycles. The lowest BCUT2D eigenvalue weighted by Crippen LogP contribution is -2.09. The fourth-order valence-corrected chi connectivity index (χ4v) is 2.25. The molecule has 0 aliphatic rings. The van der Waals surface area contributed by atoms with E-state index < -0.39 is 10.1 Å².